The average molecular weight is 289 g/mol. The van der Waals surface area contributed by atoms with E-state index in [1.807, 2.05) is 0 Å². The van der Waals surface area contributed by atoms with E-state index >= 15 is 0 Å². The van der Waals surface area contributed by atoms with Crippen LogP contribution in [-0.2, 0) is 17.6 Å². The van der Waals surface area contributed by atoms with Gasteiger partial charge in [0, 0.05) is 25.9 Å². The van der Waals surface area contributed by atoms with Crippen LogP contribution in [0.5, 0.6) is 0 Å². The Kier molecular flexibility index (Phi) is 6.54. The van der Waals surface area contributed by atoms with Gasteiger partial charge in [-0.05, 0) is 62.1 Å². The van der Waals surface area contributed by atoms with Gasteiger partial charge in [0.05, 0.1) is 0 Å². The Morgan fingerprint density at radius 1 is 1.24 bits per heavy atom. The summed E-state index contributed by atoms with van der Waals surface area (Å²) in [5.41, 5.74) is 10.0. The van der Waals surface area contributed by atoms with Gasteiger partial charge in [0.1, 0.15) is 0 Å². The van der Waals surface area contributed by atoms with Crippen LogP contribution in [0, 0.1) is 0 Å². The Morgan fingerprint density at radius 2 is 2.10 bits per heavy atom. The second-order valence-corrected chi connectivity index (χ2v) is 5.60. The van der Waals surface area contributed by atoms with E-state index in [2.05, 4.69) is 28.5 Å². The van der Waals surface area contributed by atoms with E-state index in [1.54, 1.807) is 7.11 Å². The Hall–Kier alpha value is -1.55. The Bertz CT molecular complexity index is 471. The molecule has 0 bridgehead atoms. The lowest BCUT2D eigenvalue weighted by Gasteiger charge is -2.19. The Balaban J connectivity index is 1.83. The van der Waals surface area contributed by atoms with Crippen molar-refractivity contribution in [2.75, 3.05) is 25.6 Å². The minimum atomic E-state index is 0.528. The standard InChI is InChI=1S/C17H27N3O/c1-21-13-6-2-5-12-19-17(18)20-16-11-7-9-14-8-3-4-10-15(14)16/h7,9,11H,2-6,8,10,12-13H2,1H3,(H3,18,19,20). The third-order valence-electron chi connectivity index (χ3n) is 3.95. The summed E-state index contributed by atoms with van der Waals surface area (Å²) >= 11 is 0. The average Bonchev–Trinajstić information content (AvgIpc) is 2.51. The van der Waals surface area contributed by atoms with Crippen molar-refractivity contribution in [2.45, 2.75) is 44.9 Å². The summed E-state index contributed by atoms with van der Waals surface area (Å²) in [6, 6.07) is 6.43. The lowest BCUT2D eigenvalue weighted by Crippen LogP contribution is -2.24. The van der Waals surface area contributed by atoms with Gasteiger partial charge in [0.15, 0.2) is 5.96 Å². The number of nitrogens with zero attached hydrogens (tertiary/aromatic N) is 1. The van der Waals surface area contributed by atoms with Crippen molar-refractivity contribution >= 4 is 11.6 Å². The highest BCUT2D eigenvalue weighted by atomic mass is 16.5. The molecule has 4 heteroatoms. The van der Waals surface area contributed by atoms with Crippen LogP contribution in [0.3, 0.4) is 0 Å². The fourth-order valence-corrected chi connectivity index (χ4v) is 2.81. The van der Waals surface area contributed by atoms with Crippen molar-refractivity contribution in [2.24, 2.45) is 10.7 Å². The molecule has 0 atom stereocenters. The van der Waals surface area contributed by atoms with Crippen molar-refractivity contribution in [1.82, 2.24) is 0 Å². The molecule has 0 amide bonds. The van der Waals surface area contributed by atoms with Gasteiger partial charge in [-0.25, -0.2) is 0 Å². The van der Waals surface area contributed by atoms with E-state index in [1.165, 1.54) is 30.4 Å². The summed E-state index contributed by atoms with van der Waals surface area (Å²) in [5, 5.41) is 3.28. The van der Waals surface area contributed by atoms with Gasteiger partial charge < -0.3 is 15.8 Å². The molecule has 1 aliphatic rings. The summed E-state index contributed by atoms with van der Waals surface area (Å²) in [5.74, 6) is 0.528. The molecule has 1 aromatic carbocycles. The number of benzene rings is 1. The van der Waals surface area contributed by atoms with Gasteiger partial charge in [-0.15, -0.1) is 0 Å². The molecule has 0 heterocycles. The van der Waals surface area contributed by atoms with Gasteiger partial charge in [-0.3, -0.25) is 4.99 Å². The molecule has 0 saturated heterocycles. The molecular formula is C17H27N3O. The molecule has 3 N–H and O–H groups in total. The minimum Gasteiger partial charge on any atom is -0.385 e. The number of hydrogen-bond acceptors (Lipinski definition) is 2. The number of hydrogen-bond donors (Lipinski definition) is 2. The van der Waals surface area contributed by atoms with Crippen molar-refractivity contribution < 1.29 is 4.74 Å². The molecule has 0 saturated carbocycles. The number of ether oxygens (including phenoxy) is 1. The maximum atomic E-state index is 5.99. The van der Waals surface area contributed by atoms with Crippen LogP contribution in [-0.4, -0.2) is 26.2 Å². The summed E-state index contributed by atoms with van der Waals surface area (Å²) in [6.07, 6.45) is 8.16. The van der Waals surface area contributed by atoms with Crippen LogP contribution >= 0.6 is 0 Å². The van der Waals surface area contributed by atoms with Crippen molar-refractivity contribution in [3.8, 4) is 0 Å². The molecule has 1 aliphatic carbocycles. The van der Waals surface area contributed by atoms with E-state index < -0.39 is 0 Å². The zero-order valence-corrected chi connectivity index (χ0v) is 13.0. The first kappa shape index (κ1) is 15.8. The smallest absolute Gasteiger partial charge is 0.193 e. The third-order valence-corrected chi connectivity index (χ3v) is 3.95. The maximum absolute atomic E-state index is 5.99. The van der Waals surface area contributed by atoms with Gasteiger partial charge in [0.25, 0.3) is 0 Å². The van der Waals surface area contributed by atoms with E-state index in [0.29, 0.717) is 5.96 Å². The Morgan fingerprint density at radius 3 is 2.95 bits per heavy atom. The SMILES string of the molecule is COCCCCCN=C(N)Nc1cccc2c1CCCC2. The zero-order valence-electron chi connectivity index (χ0n) is 13.0. The highest BCUT2D eigenvalue weighted by Crippen LogP contribution is 2.27. The van der Waals surface area contributed by atoms with E-state index in [0.717, 1.165) is 44.5 Å². The van der Waals surface area contributed by atoms with Crippen molar-refractivity contribution in [1.29, 1.82) is 0 Å². The van der Waals surface area contributed by atoms with Crippen LogP contribution < -0.4 is 11.1 Å². The van der Waals surface area contributed by atoms with Gasteiger partial charge in [-0.2, -0.15) is 0 Å². The van der Waals surface area contributed by atoms with E-state index in [9.17, 15) is 0 Å². The monoisotopic (exact) mass is 289 g/mol. The van der Waals surface area contributed by atoms with Crippen molar-refractivity contribution in [3.05, 3.63) is 29.3 Å². The predicted octanol–water partition coefficient (Wildman–Crippen LogP) is 3.11. The summed E-state index contributed by atoms with van der Waals surface area (Å²) in [7, 11) is 1.74. The first-order chi connectivity index (χ1) is 10.3. The fourth-order valence-electron chi connectivity index (χ4n) is 2.81. The first-order valence-electron chi connectivity index (χ1n) is 7.98. The number of aliphatic imine (C=N–C) groups is 1. The molecule has 0 aliphatic heterocycles. The Labute approximate surface area is 127 Å². The zero-order chi connectivity index (χ0) is 14.9. The molecule has 0 spiro atoms. The topological polar surface area (TPSA) is 59.6 Å². The van der Waals surface area contributed by atoms with Crippen LogP contribution in [0.25, 0.3) is 0 Å². The quantitative estimate of drug-likeness (QED) is 0.460. The number of unbranched alkanes of at least 4 members (excludes halogenated alkanes) is 2. The van der Waals surface area contributed by atoms with Crippen molar-refractivity contribution in [3.63, 3.8) is 0 Å². The summed E-state index contributed by atoms with van der Waals surface area (Å²) in [6.45, 7) is 1.60. The second-order valence-electron chi connectivity index (χ2n) is 5.60. The molecule has 1 aromatic rings. The lowest BCUT2D eigenvalue weighted by molar-refractivity contribution is 0.192. The lowest BCUT2D eigenvalue weighted by atomic mass is 9.90. The number of aryl methyl sites for hydroxylation is 1. The van der Waals surface area contributed by atoms with Crippen LogP contribution in [0.1, 0.15) is 43.2 Å². The fraction of sp³-hybridized carbons (Fsp3) is 0.588. The molecule has 0 aromatic heterocycles. The van der Waals surface area contributed by atoms with Crippen LogP contribution in [0.4, 0.5) is 5.69 Å². The van der Waals surface area contributed by atoms with Crippen LogP contribution in [0.15, 0.2) is 23.2 Å². The predicted molar refractivity (Wildman–Crippen MR) is 88.9 cm³/mol. The van der Waals surface area contributed by atoms with Gasteiger partial charge in [-0.1, -0.05) is 12.1 Å². The van der Waals surface area contributed by atoms with E-state index in [4.69, 9.17) is 10.5 Å². The number of anilines is 1. The molecule has 4 nitrogen and oxygen atoms in total. The molecule has 0 unspecified atom stereocenters. The normalized spacial score (nSPS) is 14.8. The molecule has 0 radical (unpaired) electrons. The third kappa shape index (κ3) is 5.05. The highest BCUT2D eigenvalue weighted by Gasteiger charge is 2.12. The van der Waals surface area contributed by atoms with Gasteiger partial charge >= 0.3 is 0 Å². The molecular weight excluding hydrogens is 262 g/mol. The number of rotatable bonds is 7. The number of methoxy groups -OCH3 is 1. The maximum Gasteiger partial charge on any atom is 0.193 e. The number of nitrogens with one attached hydrogen (secondary N) is 1. The number of guanidine groups is 1. The highest BCUT2D eigenvalue weighted by molar-refractivity contribution is 5.93. The van der Waals surface area contributed by atoms with E-state index in [-0.39, 0.29) is 0 Å². The number of fused-ring (bicyclic) bond motifs is 1. The number of nitrogens with two attached hydrogens (primary N) is 1. The molecule has 116 valence electrons. The molecule has 0 fully saturated rings. The van der Waals surface area contributed by atoms with Gasteiger partial charge in [0.2, 0.25) is 0 Å². The summed E-state index contributed by atoms with van der Waals surface area (Å²) < 4.78 is 5.03. The molecule has 21 heavy (non-hydrogen) atoms. The second kappa shape index (κ2) is 8.67. The first-order valence-corrected chi connectivity index (χ1v) is 7.98. The van der Waals surface area contributed by atoms with Crippen LogP contribution in [0.2, 0.25) is 0 Å². The minimum absolute atomic E-state index is 0.528. The summed E-state index contributed by atoms with van der Waals surface area (Å²) in [4.78, 5) is 4.41. The molecule has 2 rings (SSSR count). The largest absolute Gasteiger partial charge is 0.385 e.